The average molecular weight is 337 g/mol. The largest absolute Gasteiger partial charge is 0.481 e. The second-order valence-corrected chi connectivity index (χ2v) is 5.82. The molecule has 7 nitrogen and oxygen atoms in total. The van der Waals surface area contributed by atoms with Crippen LogP contribution in [-0.4, -0.2) is 40.9 Å². The van der Waals surface area contributed by atoms with Crippen molar-refractivity contribution in [3.8, 4) is 23.0 Å². The lowest BCUT2D eigenvalue weighted by Crippen LogP contribution is -2.31. The minimum absolute atomic E-state index is 0.489. The van der Waals surface area contributed by atoms with E-state index in [0.29, 0.717) is 24.3 Å². The van der Waals surface area contributed by atoms with Gasteiger partial charge < -0.3 is 14.4 Å². The summed E-state index contributed by atoms with van der Waals surface area (Å²) in [5.74, 6) is 1.58. The van der Waals surface area contributed by atoms with Gasteiger partial charge in [-0.3, -0.25) is 5.10 Å². The average Bonchev–Trinajstić information content (AvgIpc) is 3.11. The van der Waals surface area contributed by atoms with Crippen molar-refractivity contribution in [2.45, 2.75) is 13.0 Å². The number of fused-ring (bicyclic) bond motifs is 1. The van der Waals surface area contributed by atoms with E-state index in [2.05, 4.69) is 37.2 Å². The number of benzene rings is 1. The summed E-state index contributed by atoms with van der Waals surface area (Å²) in [7, 11) is 3.17. The van der Waals surface area contributed by atoms with Crippen molar-refractivity contribution in [1.82, 2.24) is 20.2 Å². The zero-order chi connectivity index (χ0) is 17.2. The summed E-state index contributed by atoms with van der Waals surface area (Å²) in [5.41, 5.74) is 4.44. The first-order valence-corrected chi connectivity index (χ1v) is 8.12. The van der Waals surface area contributed by atoms with Crippen molar-refractivity contribution >= 4 is 5.95 Å². The number of nitrogens with one attached hydrogen (secondary N) is 1. The second-order valence-electron chi connectivity index (χ2n) is 5.82. The summed E-state index contributed by atoms with van der Waals surface area (Å²) < 4.78 is 10.5. The van der Waals surface area contributed by atoms with Crippen LogP contribution in [-0.2, 0) is 13.0 Å². The molecule has 1 aliphatic heterocycles. The molecule has 3 aromatic rings. The van der Waals surface area contributed by atoms with E-state index in [0.717, 1.165) is 24.2 Å². The number of methoxy groups -OCH3 is 2. The maximum absolute atomic E-state index is 5.26. The first-order valence-electron chi connectivity index (χ1n) is 8.12. The van der Waals surface area contributed by atoms with Crippen molar-refractivity contribution in [3.05, 3.63) is 47.7 Å². The van der Waals surface area contributed by atoms with Gasteiger partial charge in [-0.25, -0.2) is 0 Å². The maximum Gasteiger partial charge on any atom is 0.232 e. The molecular formula is C18H19N5O2. The van der Waals surface area contributed by atoms with Crippen LogP contribution in [0.3, 0.4) is 0 Å². The van der Waals surface area contributed by atoms with Crippen LogP contribution >= 0.6 is 0 Å². The summed E-state index contributed by atoms with van der Waals surface area (Å²) in [4.78, 5) is 11.1. The van der Waals surface area contributed by atoms with E-state index in [1.807, 2.05) is 18.2 Å². The number of hydrogen-bond donors (Lipinski definition) is 1. The van der Waals surface area contributed by atoms with Crippen LogP contribution in [0, 0.1) is 0 Å². The van der Waals surface area contributed by atoms with Crippen molar-refractivity contribution in [1.29, 1.82) is 0 Å². The molecule has 0 saturated carbocycles. The third-order valence-corrected chi connectivity index (χ3v) is 4.35. The number of ether oxygens (including phenoxy) is 2. The Morgan fingerprint density at radius 2 is 1.76 bits per heavy atom. The van der Waals surface area contributed by atoms with Crippen LogP contribution in [0.25, 0.3) is 11.3 Å². The van der Waals surface area contributed by atoms with Crippen LogP contribution in [0.4, 0.5) is 5.95 Å². The molecule has 0 saturated heterocycles. The van der Waals surface area contributed by atoms with E-state index in [4.69, 9.17) is 9.47 Å². The Kier molecular flexibility index (Phi) is 3.97. The summed E-state index contributed by atoms with van der Waals surface area (Å²) >= 11 is 0. The molecule has 3 heterocycles. The van der Waals surface area contributed by atoms with Gasteiger partial charge in [-0.15, -0.1) is 0 Å². The number of rotatable bonds is 4. The highest BCUT2D eigenvalue weighted by Crippen LogP contribution is 2.30. The van der Waals surface area contributed by atoms with Crippen molar-refractivity contribution < 1.29 is 9.47 Å². The lowest BCUT2D eigenvalue weighted by molar-refractivity contribution is 0.371. The fourth-order valence-corrected chi connectivity index (χ4v) is 3.04. The van der Waals surface area contributed by atoms with E-state index in [1.165, 1.54) is 11.3 Å². The molecule has 0 radical (unpaired) electrons. The lowest BCUT2D eigenvalue weighted by atomic mass is 10.0. The Morgan fingerprint density at radius 3 is 2.44 bits per heavy atom. The molecule has 0 unspecified atom stereocenters. The summed E-state index contributed by atoms with van der Waals surface area (Å²) in [6, 6.07) is 11.9. The fraction of sp³-hybridized carbons (Fsp3) is 0.278. The molecule has 0 atom stereocenters. The van der Waals surface area contributed by atoms with Crippen LogP contribution in [0.1, 0.15) is 11.3 Å². The molecule has 2 aromatic heterocycles. The van der Waals surface area contributed by atoms with Crippen LogP contribution in [0.15, 0.2) is 36.4 Å². The van der Waals surface area contributed by atoms with Gasteiger partial charge in [-0.05, 0) is 0 Å². The number of nitrogens with zero attached hydrogens (tertiary/aromatic N) is 4. The first-order chi connectivity index (χ1) is 12.3. The molecule has 1 N–H and O–H groups in total. The van der Waals surface area contributed by atoms with Crippen molar-refractivity contribution in [3.63, 3.8) is 0 Å². The topological polar surface area (TPSA) is 76.2 Å². The van der Waals surface area contributed by atoms with Gasteiger partial charge in [0.2, 0.25) is 17.7 Å². The third-order valence-electron chi connectivity index (χ3n) is 4.35. The number of H-pyrrole nitrogens is 1. The Morgan fingerprint density at radius 1 is 1.04 bits per heavy atom. The summed E-state index contributed by atoms with van der Waals surface area (Å²) in [5, 5.41) is 7.70. The molecule has 25 heavy (non-hydrogen) atoms. The molecule has 1 aromatic carbocycles. The molecule has 0 amide bonds. The highest BCUT2D eigenvalue weighted by Gasteiger charge is 2.25. The summed E-state index contributed by atoms with van der Waals surface area (Å²) in [6.45, 7) is 1.49. The molecule has 0 bridgehead atoms. The van der Waals surface area contributed by atoms with Gasteiger partial charge in [0, 0.05) is 36.3 Å². The highest BCUT2D eigenvalue weighted by atomic mass is 16.5. The SMILES string of the molecule is COc1cc(OC)nc(N2CCc3[nH]nc(-c4ccccc4)c3C2)n1. The molecule has 0 aliphatic carbocycles. The molecule has 0 fully saturated rings. The van der Waals surface area contributed by atoms with Crippen molar-refractivity contribution in [2.75, 3.05) is 25.7 Å². The number of aromatic nitrogens is 4. The Hall–Kier alpha value is -3.09. The number of aromatic amines is 1. The van der Waals surface area contributed by atoms with Gasteiger partial charge in [-0.1, -0.05) is 30.3 Å². The predicted octanol–water partition coefficient (Wildman–Crippen LogP) is 2.45. The van der Waals surface area contributed by atoms with Gasteiger partial charge in [-0.2, -0.15) is 15.1 Å². The third kappa shape index (κ3) is 2.88. The van der Waals surface area contributed by atoms with Gasteiger partial charge in [0.05, 0.1) is 26.0 Å². The van der Waals surface area contributed by atoms with E-state index in [9.17, 15) is 0 Å². The zero-order valence-corrected chi connectivity index (χ0v) is 14.2. The number of hydrogen-bond acceptors (Lipinski definition) is 6. The fourth-order valence-electron chi connectivity index (χ4n) is 3.04. The Bertz CT molecular complexity index is 856. The van der Waals surface area contributed by atoms with E-state index in [-0.39, 0.29) is 0 Å². The first kappa shape index (κ1) is 15.4. The smallest absolute Gasteiger partial charge is 0.232 e. The normalized spacial score (nSPS) is 13.4. The summed E-state index contributed by atoms with van der Waals surface area (Å²) in [6.07, 6.45) is 0.859. The molecule has 4 rings (SSSR count). The minimum Gasteiger partial charge on any atom is -0.481 e. The predicted molar refractivity (Wildman–Crippen MR) is 93.9 cm³/mol. The zero-order valence-electron chi connectivity index (χ0n) is 14.2. The van der Waals surface area contributed by atoms with Gasteiger partial charge in [0.1, 0.15) is 0 Å². The molecule has 0 spiro atoms. The van der Waals surface area contributed by atoms with Crippen LogP contribution < -0.4 is 14.4 Å². The quantitative estimate of drug-likeness (QED) is 0.788. The lowest BCUT2D eigenvalue weighted by Gasteiger charge is -2.27. The van der Waals surface area contributed by atoms with Crippen LogP contribution in [0.2, 0.25) is 0 Å². The van der Waals surface area contributed by atoms with Gasteiger partial charge in [0.15, 0.2) is 0 Å². The van der Waals surface area contributed by atoms with Crippen LogP contribution in [0.5, 0.6) is 11.8 Å². The molecule has 1 aliphatic rings. The Labute approximate surface area is 145 Å². The monoisotopic (exact) mass is 337 g/mol. The Balaban J connectivity index is 1.68. The highest BCUT2D eigenvalue weighted by molar-refractivity contribution is 5.65. The van der Waals surface area contributed by atoms with Gasteiger partial charge >= 0.3 is 0 Å². The van der Waals surface area contributed by atoms with E-state index in [1.54, 1.807) is 20.3 Å². The molecular weight excluding hydrogens is 318 g/mol. The van der Waals surface area contributed by atoms with Gasteiger partial charge in [0.25, 0.3) is 0 Å². The molecule has 128 valence electrons. The molecule has 7 heteroatoms. The van der Waals surface area contributed by atoms with Crippen molar-refractivity contribution in [2.24, 2.45) is 0 Å². The van der Waals surface area contributed by atoms with E-state index < -0.39 is 0 Å². The number of anilines is 1. The maximum atomic E-state index is 5.26. The minimum atomic E-state index is 0.489. The second kappa shape index (κ2) is 6.43. The van der Waals surface area contributed by atoms with E-state index >= 15 is 0 Å². The standard InChI is InChI=1S/C18H19N5O2/c1-24-15-10-16(25-2)20-18(19-15)23-9-8-14-13(11-23)17(22-21-14)12-6-4-3-5-7-12/h3-7,10H,8-9,11H2,1-2H3,(H,21,22).